The van der Waals surface area contributed by atoms with Crippen molar-refractivity contribution in [1.29, 1.82) is 0 Å². The molecule has 0 amide bonds. The first-order valence-electron chi connectivity index (χ1n) is 4.23. The molecule has 0 saturated heterocycles. The van der Waals surface area contributed by atoms with Crippen molar-refractivity contribution in [3.8, 4) is 5.75 Å². The second-order valence-electron chi connectivity index (χ2n) is 2.76. The maximum Gasteiger partial charge on any atom is 0.343 e. The zero-order valence-corrected chi connectivity index (χ0v) is 9.04. The van der Waals surface area contributed by atoms with Crippen LogP contribution in [-0.4, -0.2) is 24.7 Å². The van der Waals surface area contributed by atoms with Crippen molar-refractivity contribution in [3.05, 3.63) is 29.8 Å². The van der Waals surface area contributed by atoms with E-state index in [1.807, 2.05) is 0 Å². The number of esters is 1. The van der Waals surface area contributed by atoms with E-state index in [1.54, 1.807) is 24.3 Å². The third-order valence-corrected chi connectivity index (χ3v) is 1.94. The van der Waals surface area contributed by atoms with Gasteiger partial charge in [0, 0.05) is 5.56 Å². The second kappa shape index (κ2) is 5.31. The molecule has 5 heteroatoms. The Morgan fingerprint density at radius 1 is 1.53 bits per heavy atom. The van der Waals surface area contributed by atoms with Crippen molar-refractivity contribution in [2.75, 3.05) is 13.7 Å². The summed E-state index contributed by atoms with van der Waals surface area (Å²) in [6.07, 6.45) is 0. The van der Waals surface area contributed by atoms with E-state index in [9.17, 15) is 4.79 Å². The first-order valence-corrected chi connectivity index (χ1v) is 4.64. The highest BCUT2D eigenvalue weighted by atomic mass is 32.1. The molecule has 1 rings (SSSR count). The Morgan fingerprint density at radius 3 is 2.87 bits per heavy atom. The van der Waals surface area contributed by atoms with Crippen molar-refractivity contribution >= 4 is 23.2 Å². The number of methoxy groups -OCH3 is 1. The summed E-state index contributed by atoms with van der Waals surface area (Å²) in [5, 5.41) is 0. The Hall–Kier alpha value is -1.62. The van der Waals surface area contributed by atoms with Gasteiger partial charge in [-0.1, -0.05) is 24.4 Å². The van der Waals surface area contributed by atoms with E-state index in [4.69, 9.17) is 22.7 Å². The van der Waals surface area contributed by atoms with Gasteiger partial charge in [-0.25, -0.2) is 4.79 Å². The normalized spacial score (nSPS) is 9.40. The fourth-order valence-electron chi connectivity index (χ4n) is 0.940. The van der Waals surface area contributed by atoms with Crippen molar-refractivity contribution in [2.45, 2.75) is 0 Å². The van der Waals surface area contributed by atoms with E-state index in [2.05, 4.69) is 4.74 Å². The highest BCUT2D eigenvalue weighted by Gasteiger charge is 2.03. The van der Waals surface area contributed by atoms with E-state index in [0.29, 0.717) is 16.3 Å². The number of thiocarbonyl (C=S) groups is 1. The van der Waals surface area contributed by atoms with Crippen LogP contribution < -0.4 is 10.5 Å². The first kappa shape index (κ1) is 11.5. The molecule has 15 heavy (non-hydrogen) atoms. The van der Waals surface area contributed by atoms with Gasteiger partial charge in [0.2, 0.25) is 0 Å². The standard InChI is InChI=1S/C10H11NO3S/c1-13-9(12)6-14-8-4-2-3-7(5-8)10(11)15/h2-5H,6H2,1H3,(H2,11,15). The van der Waals surface area contributed by atoms with Gasteiger partial charge in [-0.2, -0.15) is 0 Å². The van der Waals surface area contributed by atoms with E-state index >= 15 is 0 Å². The molecule has 0 aliphatic carbocycles. The summed E-state index contributed by atoms with van der Waals surface area (Å²) in [6, 6.07) is 6.91. The molecule has 4 nitrogen and oxygen atoms in total. The van der Waals surface area contributed by atoms with Gasteiger partial charge in [0.05, 0.1) is 7.11 Å². The summed E-state index contributed by atoms with van der Waals surface area (Å²) in [6.45, 7) is -0.128. The number of nitrogens with two attached hydrogens (primary N) is 1. The topological polar surface area (TPSA) is 61.5 Å². The molecule has 0 aliphatic heterocycles. The number of hydrogen-bond donors (Lipinski definition) is 1. The van der Waals surface area contributed by atoms with Crippen molar-refractivity contribution in [2.24, 2.45) is 5.73 Å². The third-order valence-electron chi connectivity index (χ3n) is 1.70. The maximum absolute atomic E-state index is 10.8. The van der Waals surface area contributed by atoms with Gasteiger partial charge in [-0.05, 0) is 12.1 Å². The molecule has 2 N–H and O–H groups in total. The minimum absolute atomic E-state index is 0.128. The molecule has 0 fully saturated rings. The summed E-state index contributed by atoms with van der Waals surface area (Å²) >= 11 is 4.81. The van der Waals surface area contributed by atoms with Gasteiger partial charge in [-0.15, -0.1) is 0 Å². The molecule has 1 aromatic rings. The number of ether oxygens (including phenoxy) is 2. The van der Waals surface area contributed by atoms with Crippen LogP contribution in [0.1, 0.15) is 5.56 Å². The van der Waals surface area contributed by atoms with Gasteiger partial charge in [-0.3, -0.25) is 0 Å². The van der Waals surface area contributed by atoms with Gasteiger partial charge in [0.15, 0.2) is 6.61 Å². The number of carbonyl (C=O) groups excluding carboxylic acids is 1. The Bertz CT molecular complexity index is 379. The number of benzene rings is 1. The quantitative estimate of drug-likeness (QED) is 0.608. The molecule has 0 aliphatic rings. The summed E-state index contributed by atoms with van der Waals surface area (Å²) < 4.78 is 9.59. The van der Waals surface area contributed by atoms with Crippen LogP contribution in [0.5, 0.6) is 5.75 Å². The predicted octanol–water partition coefficient (Wildman–Crippen LogP) is 0.873. The highest BCUT2D eigenvalue weighted by Crippen LogP contribution is 2.13. The van der Waals surface area contributed by atoms with Crippen LogP contribution in [0.4, 0.5) is 0 Å². The van der Waals surface area contributed by atoms with E-state index in [-0.39, 0.29) is 6.61 Å². The minimum Gasteiger partial charge on any atom is -0.482 e. The molecule has 0 radical (unpaired) electrons. The second-order valence-corrected chi connectivity index (χ2v) is 3.20. The summed E-state index contributed by atoms with van der Waals surface area (Å²) in [5.41, 5.74) is 6.15. The Morgan fingerprint density at radius 2 is 2.27 bits per heavy atom. The lowest BCUT2D eigenvalue weighted by molar-refractivity contribution is -0.142. The monoisotopic (exact) mass is 225 g/mol. The smallest absolute Gasteiger partial charge is 0.343 e. The lowest BCUT2D eigenvalue weighted by Crippen LogP contribution is -2.13. The summed E-state index contributed by atoms with van der Waals surface area (Å²) in [4.78, 5) is 11.1. The molecule has 0 heterocycles. The highest BCUT2D eigenvalue weighted by molar-refractivity contribution is 7.80. The summed E-state index contributed by atoms with van der Waals surface area (Å²) in [5.74, 6) is 0.0985. The lowest BCUT2D eigenvalue weighted by Gasteiger charge is -2.05. The largest absolute Gasteiger partial charge is 0.482 e. The first-order chi connectivity index (χ1) is 7.13. The average molecular weight is 225 g/mol. The van der Waals surface area contributed by atoms with Gasteiger partial charge < -0.3 is 15.2 Å². The Kier molecular flexibility index (Phi) is 4.05. The van der Waals surface area contributed by atoms with E-state index in [0.717, 1.165) is 0 Å². The number of carbonyl (C=O) groups is 1. The van der Waals surface area contributed by atoms with Crippen molar-refractivity contribution < 1.29 is 14.3 Å². The van der Waals surface area contributed by atoms with Crippen LogP contribution >= 0.6 is 12.2 Å². The molecule has 0 bridgehead atoms. The van der Waals surface area contributed by atoms with E-state index in [1.165, 1.54) is 7.11 Å². The SMILES string of the molecule is COC(=O)COc1cccc(C(N)=S)c1. The van der Waals surface area contributed by atoms with Crippen LogP contribution in [-0.2, 0) is 9.53 Å². The molecule has 0 unspecified atom stereocenters. The zero-order chi connectivity index (χ0) is 11.3. The average Bonchev–Trinajstić information content (AvgIpc) is 2.26. The molecule has 0 atom stereocenters. The molecular weight excluding hydrogens is 214 g/mol. The molecule has 1 aromatic carbocycles. The molecule has 80 valence electrons. The minimum atomic E-state index is -0.435. The number of hydrogen-bond acceptors (Lipinski definition) is 4. The third kappa shape index (κ3) is 3.55. The Balaban J connectivity index is 2.66. The van der Waals surface area contributed by atoms with Crippen molar-refractivity contribution in [1.82, 2.24) is 0 Å². The molecule has 0 aromatic heterocycles. The van der Waals surface area contributed by atoms with Crippen molar-refractivity contribution in [3.63, 3.8) is 0 Å². The summed E-state index contributed by atoms with van der Waals surface area (Å²) in [7, 11) is 1.30. The molecule has 0 saturated carbocycles. The Labute approximate surface area is 93.0 Å². The van der Waals surface area contributed by atoms with Crippen LogP contribution in [0.3, 0.4) is 0 Å². The van der Waals surface area contributed by atoms with Crippen LogP contribution in [0.25, 0.3) is 0 Å². The van der Waals surface area contributed by atoms with Crippen LogP contribution in [0.15, 0.2) is 24.3 Å². The lowest BCUT2D eigenvalue weighted by atomic mass is 10.2. The molecule has 0 spiro atoms. The van der Waals surface area contributed by atoms with Gasteiger partial charge in [0.25, 0.3) is 0 Å². The maximum atomic E-state index is 10.8. The van der Waals surface area contributed by atoms with Gasteiger partial charge in [0.1, 0.15) is 10.7 Å². The zero-order valence-electron chi connectivity index (χ0n) is 8.23. The fourth-order valence-corrected chi connectivity index (χ4v) is 1.07. The molecular formula is C10H11NO3S. The van der Waals surface area contributed by atoms with Gasteiger partial charge >= 0.3 is 5.97 Å². The fraction of sp³-hybridized carbons (Fsp3) is 0.200. The number of rotatable bonds is 4. The predicted molar refractivity (Wildman–Crippen MR) is 59.8 cm³/mol. The van der Waals surface area contributed by atoms with E-state index < -0.39 is 5.97 Å². The van der Waals surface area contributed by atoms with Crippen LogP contribution in [0.2, 0.25) is 0 Å². The van der Waals surface area contributed by atoms with Crippen LogP contribution in [0, 0.1) is 0 Å².